The summed E-state index contributed by atoms with van der Waals surface area (Å²) in [4.78, 5) is 37.5. The smallest absolute Gasteiger partial charge is 0.292 e. The summed E-state index contributed by atoms with van der Waals surface area (Å²) >= 11 is 0. The van der Waals surface area contributed by atoms with Crippen molar-refractivity contribution < 1.29 is 19.6 Å². The summed E-state index contributed by atoms with van der Waals surface area (Å²) in [6.07, 6.45) is 5.60. The van der Waals surface area contributed by atoms with E-state index in [-0.39, 0.29) is 24.3 Å². The zero-order valence-corrected chi connectivity index (χ0v) is 16.5. The van der Waals surface area contributed by atoms with E-state index in [1.54, 1.807) is 36.7 Å². The molecule has 0 bridgehead atoms. The summed E-state index contributed by atoms with van der Waals surface area (Å²) in [6, 6.07) is 8.89. The number of aromatic nitrogens is 2. The zero-order chi connectivity index (χ0) is 20.2. The van der Waals surface area contributed by atoms with Crippen LogP contribution in [0.15, 0.2) is 42.7 Å². The standard InChI is InChI=1S/C21H25N5O3/c1-2-29-17-6-4-16(5-7-17)26-19(27)14-18(20(26)28)24-15-8-12-25(13-9-15)21-22-10-3-11-23-21/h3-7,10-11,15,18,24H,2,8-9,12-14H2,1H3/p+1/t18-/m0/s1. The number of amides is 2. The Bertz CT molecular complexity index is 850. The van der Waals surface area contributed by atoms with Gasteiger partial charge in [0.25, 0.3) is 5.91 Å². The lowest BCUT2D eigenvalue weighted by Crippen LogP contribution is -2.97. The lowest BCUT2D eigenvalue weighted by molar-refractivity contribution is -0.709. The molecule has 1 aromatic carbocycles. The third-order valence-corrected chi connectivity index (χ3v) is 5.47. The van der Waals surface area contributed by atoms with Gasteiger partial charge >= 0.3 is 0 Å². The molecule has 8 nitrogen and oxygen atoms in total. The number of benzene rings is 1. The van der Waals surface area contributed by atoms with Gasteiger partial charge in [0, 0.05) is 38.3 Å². The average Bonchev–Trinajstić information content (AvgIpc) is 3.03. The Labute approximate surface area is 169 Å². The van der Waals surface area contributed by atoms with Gasteiger partial charge in [0.1, 0.15) is 5.75 Å². The van der Waals surface area contributed by atoms with Gasteiger partial charge in [0.05, 0.1) is 24.8 Å². The molecule has 0 radical (unpaired) electrons. The summed E-state index contributed by atoms with van der Waals surface area (Å²) in [5, 5.41) is 2.08. The molecule has 3 heterocycles. The normalized spacial score (nSPS) is 20.4. The van der Waals surface area contributed by atoms with Crippen LogP contribution in [-0.4, -0.2) is 53.6 Å². The van der Waals surface area contributed by atoms with Crippen LogP contribution >= 0.6 is 0 Å². The lowest BCUT2D eigenvalue weighted by atomic mass is 10.0. The molecule has 8 heteroatoms. The number of nitrogens with zero attached hydrogens (tertiary/aromatic N) is 4. The second-order valence-corrected chi connectivity index (χ2v) is 7.37. The van der Waals surface area contributed by atoms with Crippen molar-refractivity contribution >= 4 is 23.5 Å². The maximum atomic E-state index is 12.9. The van der Waals surface area contributed by atoms with Crippen LogP contribution in [0.2, 0.25) is 0 Å². The molecule has 0 spiro atoms. The summed E-state index contributed by atoms with van der Waals surface area (Å²) in [5.74, 6) is 1.20. The molecule has 2 aliphatic rings. The number of anilines is 2. The molecule has 1 atom stereocenters. The Morgan fingerprint density at radius 1 is 1.10 bits per heavy atom. The van der Waals surface area contributed by atoms with E-state index in [2.05, 4.69) is 20.2 Å². The van der Waals surface area contributed by atoms with Crippen molar-refractivity contribution in [2.45, 2.75) is 38.3 Å². The fraction of sp³-hybridized carbons (Fsp3) is 0.429. The van der Waals surface area contributed by atoms with E-state index in [0.29, 0.717) is 18.3 Å². The number of ether oxygens (including phenoxy) is 1. The van der Waals surface area contributed by atoms with Crippen LogP contribution in [0.5, 0.6) is 5.75 Å². The van der Waals surface area contributed by atoms with Crippen molar-refractivity contribution in [1.82, 2.24) is 9.97 Å². The molecular weight excluding hydrogens is 370 g/mol. The fourth-order valence-corrected chi connectivity index (χ4v) is 4.01. The topological polar surface area (TPSA) is 92.2 Å². The summed E-state index contributed by atoms with van der Waals surface area (Å²) in [5.41, 5.74) is 0.607. The highest BCUT2D eigenvalue weighted by Gasteiger charge is 2.43. The molecule has 2 fully saturated rings. The van der Waals surface area contributed by atoms with Crippen molar-refractivity contribution in [3.63, 3.8) is 0 Å². The van der Waals surface area contributed by atoms with Gasteiger partial charge in [-0.25, -0.2) is 14.9 Å². The van der Waals surface area contributed by atoms with E-state index in [4.69, 9.17) is 4.74 Å². The largest absolute Gasteiger partial charge is 0.494 e. The Morgan fingerprint density at radius 2 is 1.79 bits per heavy atom. The maximum absolute atomic E-state index is 12.9. The van der Waals surface area contributed by atoms with Crippen LogP contribution in [0, 0.1) is 0 Å². The minimum absolute atomic E-state index is 0.131. The number of imide groups is 1. The molecule has 2 aromatic rings. The number of nitrogens with two attached hydrogens (primary N) is 1. The van der Waals surface area contributed by atoms with Crippen LogP contribution in [-0.2, 0) is 9.59 Å². The highest BCUT2D eigenvalue weighted by Crippen LogP contribution is 2.24. The van der Waals surface area contributed by atoms with Gasteiger partial charge in [-0.15, -0.1) is 0 Å². The van der Waals surface area contributed by atoms with Crippen LogP contribution in [0.3, 0.4) is 0 Å². The summed E-state index contributed by atoms with van der Waals surface area (Å²) in [6.45, 7) is 4.19. The van der Waals surface area contributed by atoms with Crippen molar-refractivity contribution in [3.05, 3.63) is 42.7 Å². The Kier molecular flexibility index (Phi) is 5.71. The van der Waals surface area contributed by atoms with Gasteiger partial charge in [-0.05, 0) is 37.3 Å². The van der Waals surface area contributed by atoms with Gasteiger partial charge in [0.15, 0.2) is 6.04 Å². The van der Waals surface area contributed by atoms with Crippen molar-refractivity contribution in [3.8, 4) is 5.75 Å². The Morgan fingerprint density at radius 3 is 2.45 bits per heavy atom. The van der Waals surface area contributed by atoms with Crippen molar-refractivity contribution in [1.29, 1.82) is 0 Å². The molecule has 0 saturated carbocycles. The van der Waals surface area contributed by atoms with E-state index in [1.807, 2.05) is 13.0 Å². The first-order chi connectivity index (χ1) is 14.2. The second kappa shape index (κ2) is 8.57. The minimum atomic E-state index is -0.349. The predicted octanol–water partition coefficient (Wildman–Crippen LogP) is 0.740. The third-order valence-electron chi connectivity index (χ3n) is 5.47. The highest BCUT2D eigenvalue weighted by molar-refractivity contribution is 6.21. The molecule has 4 rings (SSSR count). The van der Waals surface area contributed by atoms with Crippen molar-refractivity contribution in [2.75, 3.05) is 29.5 Å². The van der Waals surface area contributed by atoms with E-state index < -0.39 is 0 Å². The molecule has 2 amide bonds. The highest BCUT2D eigenvalue weighted by atomic mass is 16.5. The SMILES string of the molecule is CCOc1ccc(N2C(=O)C[C@H]([NH2+]C3CCN(c4ncccn4)CC3)C2=O)cc1. The van der Waals surface area contributed by atoms with Gasteiger partial charge in [-0.3, -0.25) is 9.59 Å². The van der Waals surface area contributed by atoms with E-state index in [1.165, 1.54) is 4.90 Å². The summed E-state index contributed by atoms with van der Waals surface area (Å²) in [7, 11) is 0. The van der Waals surface area contributed by atoms with Gasteiger partial charge in [0.2, 0.25) is 11.9 Å². The molecule has 1 aromatic heterocycles. The zero-order valence-electron chi connectivity index (χ0n) is 16.5. The molecule has 0 aliphatic carbocycles. The maximum Gasteiger partial charge on any atom is 0.292 e. The van der Waals surface area contributed by atoms with E-state index in [0.717, 1.165) is 37.6 Å². The average molecular weight is 396 g/mol. The molecule has 2 saturated heterocycles. The lowest BCUT2D eigenvalue weighted by Gasteiger charge is -2.31. The van der Waals surface area contributed by atoms with Gasteiger partial charge in [-0.2, -0.15) is 0 Å². The molecule has 2 aliphatic heterocycles. The molecule has 0 unspecified atom stereocenters. The summed E-state index contributed by atoms with van der Waals surface area (Å²) < 4.78 is 5.43. The second-order valence-electron chi connectivity index (χ2n) is 7.37. The number of rotatable bonds is 6. The fourth-order valence-electron chi connectivity index (χ4n) is 4.01. The number of carbonyl (C=O) groups is 2. The number of hydrogen-bond acceptors (Lipinski definition) is 6. The Balaban J connectivity index is 1.35. The van der Waals surface area contributed by atoms with Crippen LogP contribution in [0.1, 0.15) is 26.2 Å². The molecule has 2 N–H and O–H groups in total. The molecule has 29 heavy (non-hydrogen) atoms. The minimum Gasteiger partial charge on any atom is -0.494 e. The van der Waals surface area contributed by atoms with Gasteiger partial charge < -0.3 is 15.0 Å². The number of carbonyl (C=O) groups excluding carboxylic acids is 2. The Hall–Kier alpha value is -3.00. The number of quaternary nitrogens is 1. The monoisotopic (exact) mass is 396 g/mol. The van der Waals surface area contributed by atoms with E-state index in [9.17, 15) is 9.59 Å². The first kappa shape index (κ1) is 19.3. The number of piperidine rings is 1. The third kappa shape index (κ3) is 4.22. The van der Waals surface area contributed by atoms with Crippen LogP contribution < -0.4 is 19.9 Å². The van der Waals surface area contributed by atoms with Crippen LogP contribution in [0.25, 0.3) is 0 Å². The first-order valence-electron chi connectivity index (χ1n) is 10.1. The van der Waals surface area contributed by atoms with E-state index >= 15 is 0 Å². The molecular formula is C21H26N5O3+. The predicted molar refractivity (Wildman–Crippen MR) is 108 cm³/mol. The number of hydrogen-bond donors (Lipinski definition) is 1. The van der Waals surface area contributed by atoms with Crippen LogP contribution in [0.4, 0.5) is 11.6 Å². The molecule has 152 valence electrons. The van der Waals surface area contributed by atoms with Gasteiger partial charge in [-0.1, -0.05) is 0 Å². The van der Waals surface area contributed by atoms with Crippen molar-refractivity contribution in [2.24, 2.45) is 0 Å². The quantitative estimate of drug-likeness (QED) is 0.724. The first-order valence-corrected chi connectivity index (χ1v) is 10.1.